The lowest BCUT2D eigenvalue weighted by atomic mass is 9.76. The molecule has 0 unspecified atom stereocenters. The van der Waals surface area contributed by atoms with Crippen molar-refractivity contribution in [2.24, 2.45) is 5.92 Å². The van der Waals surface area contributed by atoms with Crippen molar-refractivity contribution < 1.29 is 9.53 Å². The van der Waals surface area contributed by atoms with Gasteiger partial charge < -0.3 is 9.64 Å². The quantitative estimate of drug-likeness (QED) is 0.735. The predicted octanol–water partition coefficient (Wildman–Crippen LogP) is 4.34. The van der Waals surface area contributed by atoms with Crippen molar-refractivity contribution in [1.82, 2.24) is 9.80 Å². The van der Waals surface area contributed by atoms with Gasteiger partial charge in [-0.05, 0) is 67.0 Å². The van der Waals surface area contributed by atoms with E-state index in [4.69, 9.17) is 4.74 Å². The molecule has 0 aliphatic carbocycles. The Hall–Kier alpha value is -2.04. The predicted molar refractivity (Wildman–Crippen MR) is 117 cm³/mol. The number of benzene rings is 2. The highest BCUT2D eigenvalue weighted by molar-refractivity contribution is 5.94. The first-order valence-corrected chi connectivity index (χ1v) is 10.5. The van der Waals surface area contributed by atoms with Crippen LogP contribution >= 0.6 is 12.4 Å². The number of ether oxygens (including phenoxy) is 1. The maximum atomic E-state index is 13.2. The number of amides is 1. The minimum Gasteiger partial charge on any atom is -0.497 e. The Balaban J connectivity index is 0.00000205. The van der Waals surface area contributed by atoms with Gasteiger partial charge in [-0.3, -0.25) is 9.69 Å². The van der Waals surface area contributed by atoms with Gasteiger partial charge >= 0.3 is 0 Å². The highest BCUT2D eigenvalue weighted by atomic mass is 35.5. The third-order valence-corrected chi connectivity index (χ3v) is 6.95. The minimum atomic E-state index is 0. The average Bonchev–Trinajstić information content (AvgIpc) is 2.77. The van der Waals surface area contributed by atoms with Crippen LogP contribution in [0.25, 0.3) is 0 Å². The van der Waals surface area contributed by atoms with E-state index in [1.54, 1.807) is 7.11 Å². The van der Waals surface area contributed by atoms with Gasteiger partial charge in [0.25, 0.3) is 5.91 Å². The van der Waals surface area contributed by atoms with E-state index in [-0.39, 0.29) is 18.3 Å². The van der Waals surface area contributed by atoms with Crippen LogP contribution in [0.5, 0.6) is 5.75 Å². The van der Waals surface area contributed by atoms with Crippen LogP contribution in [0.1, 0.15) is 46.8 Å². The van der Waals surface area contributed by atoms with Crippen molar-refractivity contribution in [3.8, 4) is 5.75 Å². The standard InChI is InChI=1S/C24H28N2O2.ClH/c1-28-20-9-10-21-18(14-20)11-13-25-16-19-8-5-12-26(22(19)15-23(21)25)24(27)17-6-3-2-4-7-17;/h2-4,6-7,9-10,14,19,22-23H,5,8,11-13,15-16H2,1H3;1H/t19-,22+,23+;/m1./s1. The Morgan fingerprint density at radius 2 is 1.93 bits per heavy atom. The molecule has 3 aliphatic rings. The summed E-state index contributed by atoms with van der Waals surface area (Å²) >= 11 is 0. The Morgan fingerprint density at radius 3 is 2.72 bits per heavy atom. The van der Waals surface area contributed by atoms with E-state index in [0.717, 1.165) is 50.2 Å². The zero-order valence-electron chi connectivity index (χ0n) is 16.9. The largest absolute Gasteiger partial charge is 0.497 e. The van der Waals surface area contributed by atoms with Crippen molar-refractivity contribution in [2.75, 3.05) is 26.7 Å². The van der Waals surface area contributed by atoms with Crippen LogP contribution in [-0.2, 0) is 6.42 Å². The molecule has 3 heterocycles. The number of nitrogens with zero attached hydrogens (tertiary/aromatic N) is 2. The summed E-state index contributed by atoms with van der Waals surface area (Å²) in [6.07, 6.45) is 4.49. The van der Waals surface area contributed by atoms with E-state index in [1.165, 1.54) is 17.5 Å². The SMILES string of the molecule is COc1ccc2c(c1)CCN1C[C@H]3CCCN(C(=O)c4ccccc4)[C@H]3C[C@@H]21.Cl. The number of piperidine rings is 2. The number of hydrogen-bond donors (Lipinski definition) is 0. The van der Waals surface area contributed by atoms with E-state index in [0.29, 0.717) is 18.0 Å². The van der Waals surface area contributed by atoms with E-state index in [2.05, 4.69) is 28.0 Å². The Kier molecular flexibility index (Phi) is 5.84. The topological polar surface area (TPSA) is 32.8 Å². The van der Waals surface area contributed by atoms with Crippen LogP contribution in [0.3, 0.4) is 0 Å². The van der Waals surface area contributed by atoms with Crippen LogP contribution in [0.15, 0.2) is 48.5 Å². The lowest BCUT2D eigenvalue weighted by molar-refractivity contribution is -0.00581. The van der Waals surface area contributed by atoms with E-state index >= 15 is 0 Å². The average molecular weight is 413 g/mol. The lowest BCUT2D eigenvalue weighted by Gasteiger charge is -2.52. The maximum Gasteiger partial charge on any atom is 0.254 e. The van der Waals surface area contributed by atoms with Crippen molar-refractivity contribution in [3.63, 3.8) is 0 Å². The fourth-order valence-corrected chi connectivity index (χ4v) is 5.56. The van der Waals surface area contributed by atoms with Gasteiger partial charge in [0.1, 0.15) is 5.75 Å². The smallest absolute Gasteiger partial charge is 0.254 e. The molecular weight excluding hydrogens is 384 g/mol. The normalized spacial score (nSPS) is 25.8. The molecule has 0 aromatic heterocycles. The van der Waals surface area contributed by atoms with Crippen LogP contribution in [0, 0.1) is 5.92 Å². The Morgan fingerprint density at radius 1 is 1.10 bits per heavy atom. The molecule has 0 radical (unpaired) electrons. The molecule has 5 rings (SSSR count). The van der Waals surface area contributed by atoms with Crippen LogP contribution in [0.2, 0.25) is 0 Å². The molecule has 2 aromatic carbocycles. The third-order valence-electron chi connectivity index (χ3n) is 6.95. The van der Waals surface area contributed by atoms with E-state index in [9.17, 15) is 4.79 Å². The fraction of sp³-hybridized carbons (Fsp3) is 0.458. The Labute approximate surface area is 179 Å². The number of carbonyl (C=O) groups is 1. The van der Waals surface area contributed by atoms with Gasteiger partial charge in [0, 0.05) is 37.3 Å². The number of carbonyl (C=O) groups excluding carboxylic acids is 1. The van der Waals surface area contributed by atoms with E-state index < -0.39 is 0 Å². The van der Waals surface area contributed by atoms with Crippen LogP contribution in [0.4, 0.5) is 0 Å². The molecule has 5 heteroatoms. The zero-order valence-corrected chi connectivity index (χ0v) is 17.7. The monoisotopic (exact) mass is 412 g/mol. The van der Waals surface area contributed by atoms with Gasteiger partial charge in [-0.2, -0.15) is 0 Å². The summed E-state index contributed by atoms with van der Waals surface area (Å²) in [4.78, 5) is 18.1. The highest BCUT2D eigenvalue weighted by Crippen LogP contribution is 2.43. The lowest BCUT2D eigenvalue weighted by Crippen LogP contribution is -2.57. The molecule has 3 atom stereocenters. The summed E-state index contributed by atoms with van der Waals surface area (Å²) in [5.74, 6) is 1.74. The number of hydrogen-bond acceptors (Lipinski definition) is 3. The second kappa shape index (κ2) is 8.37. The molecule has 0 bridgehead atoms. The molecule has 0 spiro atoms. The number of methoxy groups -OCH3 is 1. The molecule has 3 aliphatic heterocycles. The van der Waals surface area contributed by atoms with Crippen molar-refractivity contribution in [2.45, 2.75) is 37.8 Å². The maximum absolute atomic E-state index is 13.2. The number of fused-ring (bicyclic) bond motifs is 4. The minimum absolute atomic E-state index is 0. The number of likely N-dealkylation sites (tertiary alicyclic amines) is 1. The summed E-state index contributed by atoms with van der Waals surface area (Å²) in [5.41, 5.74) is 3.67. The molecule has 1 amide bonds. The highest BCUT2D eigenvalue weighted by Gasteiger charge is 2.44. The first-order valence-electron chi connectivity index (χ1n) is 10.5. The van der Waals surface area contributed by atoms with Gasteiger partial charge in [-0.15, -0.1) is 12.4 Å². The van der Waals surface area contributed by atoms with Gasteiger partial charge in [-0.25, -0.2) is 0 Å². The fourth-order valence-electron chi connectivity index (χ4n) is 5.56. The first-order chi connectivity index (χ1) is 13.7. The van der Waals surface area contributed by atoms with Crippen molar-refractivity contribution in [1.29, 1.82) is 0 Å². The van der Waals surface area contributed by atoms with Gasteiger partial charge in [0.05, 0.1) is 7.11 Å². The van der Waals surface area contributed by atoms with Gasteiger partial charge in [0.2, 0.25) is 0 Å². The molecule has 2 aromatic rings. The molecule has 2 saturated heterocycles. The first kappa shape index (κ1) is 20.2. The molecule has 29 heavy (non-hydrogen) atoms. The molecular formula is C24H29ClN2O2. The summed E-state index contributed by atoms with van der Waals surface area (Å²) in [5, 5.41) is 0. The van der Waals surface area contributed by atoms with Crippen molar-refractivity contribution in [3.05, 3.63) is 65.2 Å². The second-order valence-electron chi connectivity index (χ2n) is 8.40. The summed E-state index contributed by atoms with van der Waals surface area (Å²) in [7, 11) is 1.73. The zero-order chi connectivity index (χ0) is 19.1. The molecule has 2 fully saturated rings. The summed E-state index contributed by atoms with van der Waals surface area (Å²) < 4.78 is 5.43. The summed E-state index contributed by atoms with van der Waals surface area (Å²) in [6, 6.07) is 17.1. The number of halogens is 1. The second-order valence-corrected chi connectivity index (χ2v) is 8.40. The Bertz CT molecular complexity index is 872. The molecule has 4 nitrogen and oxygen atoms in total. The van der Waals surface area contributed by atoms with Gasteiger partial charge in [-0.1, -0.05) is 24.3 Å². The molecule has 0 N–H and O–H groups in total. The third kappa shape index (κ3) is 3.64. The van der Waals surface area contributed by atoms with Crippen molar-refractivity contribution >= 4 is 18.3 Å². The van der Waals surface area contributed by atoms with Gasteiger partial charge in [0.15, 0.2) is 0 Å². The molecule has 0 saturated carbocycles. The van der Waals surface area contributed by atoms with Crippen LogP contribution in [-0.4, -0.2) is 48.5 Å². The van der Waals surface area contributed by atoms with E-state index in [1.807, 2.05) is 30.3 Å². The molecule has 154 valence electrons. The van der Waals surface area contributed by atoms with Crippen LogP contribution < -0.4 is 4.74 Å². The number of rotatable bonds is 2. The summed E-state index contributed by atoms with van der Waals surface area (Å²) in [6.45, 7) is 3.11.